The number of hydrogen-bond donors (Lipinski definition) is 0. The summed E-state index contributed by atoms with van der Waals surface area (Å²) in [5.41, 5.74) is 2.19. The van der Waals surface area contributed by atoms with Crippen molar-refractivity contribution in [2.75, 3.05) is 45.9 Å². The summed E-state index contributed by atoms with van der Waals surface area (Å²) in [4.78, 5) is 17.0. The van der Waals surface area contributed by atoms with Gasteiger partial charge in [0.2, 0.25) is 5.91 Å². The number of thioether (sulfide) groups is 1. The van der Waals surface area contributed by atoms with Crippen LogP contribution in [-0.4, -0.2) is 51.8 Å². The van der Waals surface area contributed by atoms with Crippen molar-refractivity contribution in [3.63, 3.8) is 0 Å². The fourth-order valence-corrected chi connectivity index (χ4v) is 5.37. The number of allylic oxidation sites excluding steroid dienone is 1. The van der Waals surface area contributed by atoms with Crippen molar-refractivity contribution in [2.24, 2.45) is 0 Å². The molecule has 172 valence electrons. The number of rotatable bonds is 6. The van der Waals surface area contributed by atoms with Gasteiger partial charge in [0.05, 0.1) is 63.3 Å². The lowest BCUT2D eigenvalue weighted by Gasteiger charge is -2.42. The molecule has 1 saturated heterocycles. The Balaban J connectivity index is 1.70. The maximum Gasteiger partial charge on any atom is 0.229 e. The molecule has 2 aromatic rings. The second-order valence-corrected chi connectivity index (χ2v) is 8.42. The monoisotopic (exact) mass is 467 g/mol. The third kappa shape index (κ3) is 4.02. The Morgan fingerprint density at radius 1 is 1.03 bits per heavy atom. The SMILES string of the molecule is COc1ccc(N2CSC3=C(C#N)[C@H](c4cccc(OC)c4OC)CC(=O)N3C2)c(OC)c1. The zero-order chi connectivity index (χ0) is 23.5. The second-order valence-electron chi connectivity index (χ2n) is 7.48. The molecule has 0 aliphatic carbocycles. The zero-order valence-corrected chi connectivity index (χ0v) is 19.8. The van der Waals surface area contributed by atoms with Crippen LogP contribution in [0, 0.1) is 11.3 Å². The number of amides is 1. The highest BCUT2D eigenvalue weighted by Crippen LogP contribution is 2.47. The number of carbonyl (C=O) groups is 1. The van der Waals surface area contributed by atoms with E-state index in [1.54, 1.807) is 39.4 Å². The van der Waals surface area contributed by atoms with Crippen LogP contribution in [0.1, 0.15) is 17.9 Å². The number of methoxy groups -OCH3 is 4. The van der Waals surface area contributed by atoms with Crippen LogP contribution in [0.2, 0.25) is 0 Å². The van der Waals surface area contributed by atoms with Gasteiger partial charge in [-0.05, 0) is 18.2 Å². The highest BCUT2D eigenvalue weighted by atomic mass is 32.2. The van der Waals surface area contributed by atoms with Gasteiger partial charge in [-0.3, -0.25) is 9.69 Å². The lowest BCUT2D eigenvalue weighted by Crippen LogP contribution is -2.47. The first-order valence-electron chi connectivity index (χ1n) is 10.3. The van der Waals surface area contributed by atoms with Crippen molar-refractivity contribution >= 4 is 23.4 Å². The summed E-state index contributed by atoms with van der Waals surface area (Å²) < 4.78 is 21.8. The molecular weight excluding hydrogens is 442 g/mol. The number of carbonyl (C=O) groups excluding carboxylic acids is 1. The maximum absolute atomic E-state index is 13.3. The van der Waals surface area contributed by atoms with Crippen LogP contribution in [0.3, 0.4) is 0 Å². The van der Waals surface area contributed by atoms with E-state index in [1.807, 2.05) is 35.2 Å². The van der Waals surface area contributed by atoms with E-state index in [4.69, 9.17) is 18.9 Å². The first kappa shape index (κ1) is 22.7. The summed E-state index contributed by atoms with van der Waals surface area (Å²) in [6, 6.07) is 13.5. The number of para-hydroxylation sites is 1. The van der Waals surface area contributed by atoms with Crippen LogP contribution in [0.25, 0.3) is 0 Å². The summed E-state index contributed by atoms with van der Waals surface area (Å²) in [7, 11) is 6.34. The van der Waals surface area contributed by atoms with Crippen molar-refractivity contribution < 1.29 is 23.7 Å². The minimum absolute atomic E-state index is 0.0523. The number of anilines is 1. The number of nitrogens with zero attached hydrogens (tertiary/aromatic N) is 3. The normalized spacial score (nSPS) is 17.9. The molecule has 0 bridgehead atoms. The van der Waals surface area contributed by atoms with Gasteiger partial charge in [-0.15, -0.1) is 0 Å². The van der Waals surface area contributed by atoms with Crippen LogP contribution in [0.15, 0.2) is 47.0 Å². The van der Waals surface area contributed by atoms with Gasteiger partial charge in [-0.2, -0.15) is 5.26 Å². The highest BCUT2D eigenvalue weighted by Gasteiger charge is 2.40. The molecule has 0 saturated carbocycles. The molecule has 0 radical (unpaired) electrons. The van der Waals surface area contributed by atoms with Crippen molar-refractivity contribution in [2.45, 2.75) is 12.3 Å². The maximum atomic E-state index is 13.3. The van der Waals surface area contributed by atoms with Crippen LogP contribution < -0.4 is 23.8 Å². The summed E-state index contributed by atoms with van der Waals surface area (Å²) in [5.74, 6) is 2.58. The smallest absolute Gasteiger partial charge is 0.229 e. The van der Waals surface area contributed by atoms with Crippen LogP contribution in [0.5, 0.6) is 23.0 Å². The molecule has 2 aromatic carbocycles. The average molecular weight is 468 g/mol. The van der Waals surface area contributed by atoms with Gasteiger partial charge in [-0.25, -0.2) is 0 Å². The topological polar surface area (TPSA) is 84.3 Å². The predicted octanol–water partition coefficient (Wildman–Crippen LogP) is 3.94. The van der Waals surface area contributed by atoms with Crippen molar-refractivity contribution in [3.8, 4) is 29.1 Å². The standard InChI is InChI=1S/C24H25N3O5S/c1-29-15-8-9-19(21(10-15)31-3)26-13-27-22(28)11-17(18(12-25)24(27)33-14-26)16-6-5-7-20(30-2)23(16)32-4/h5-10,17H,11,13-14H2,1-4H3/t17-/m0/s1. The summed E-state index contributed by atoms with van der Waals surface area (Å²) in [6.07, 6.45) is 0.171. The first-order valence-corrected chi connectivity index (χ1v) is 11.3. The minimum Gasteiger partial charge on any atom is -0.497 e. The van der Waals surface area contributed by atoms with Gasteiger partial charge in [0.25, 0.3) is 0 Å². The molecule has 1 atom stereocenters. The van der Waals surface area contributed by atoms with E-state index in [2.05, 4.69) is 6.07 Å². The molecule has 4 rings (SSSR count). The van der Waals surface area contributed by atoms with E-state index >= 15 is 0 Å². The summed E-state index contributed by atoms with van der Waals surface area (Å²) in [6.45, 7) is 0.330. The molecule has 2 aliphatic rings. The molecular formula is C24H25N3O5S. The Morgan fingerprint density at radius 2 is 1.82 bits per heavy atom. The van der Waals surface area contributed by atoms with E-state index in [9.17, 15) is 10.1 Å². The lowest BCUT2D eigenvalue weighted by molar-refractivity contribution is -0.129. The molecule has 1 amide bonds. The Labute approximate surface area is 197 Å². The van der Waals surface area contributed by atoms with Gasteiger partial charge in [0.15, 0.2) is 11.5 Å². The molecule has 0 N–H and O–H groups in total. The van der Waals surface area contributed by atoms with Gasteiger partial charge in [0.1, 0.15) is 11.5 Å². The molecule has 2 heterocycles. The largest absolute Gasteiger partial charge is 0.497 e. The van der Waals surface area contributed by atoms with Gasteiger partial charge >= 0.3 is 0 Å². The van der Waals surface area contributed by atoms with Gasteiger partial charge in [-0.1, -0.05) is 23.9 Å². The fourth-order valence-electron chi connectivity index (χ4n) is 4.21. The molecule has 33 heavy (non-hydrogen) atoms. The molecule has 0 spiro atoms. The second kappa shape index (κ2) is 9.55. The minimum atomic E-state index is -0.395. The number of fused-ring (bicyclic) bond motifs is 1. The van der Waals surface area contributed by atoms with Crippen molar-refractivity contribution in [1.82, 2.24) is 4.90 Å². The third-order valence-corrected chi connectivity index (χ3v) is 6.98. The van der Waals surface area contributed by atoms with E-state index in [1.165, 1.54) is 11.8 Å². The first-order chi connectivity index (χ1) is 16.1. The van der Waals surface area contributed by atoms with Gasteiger partial charge < -0.3 is 23.8 Å². The van der Waals surface area contributed by atoms with E-state index in [-0.39, 0.29) is 12.3 Å². The predicted molar refractivity (Wildman–Crippen MR) is 126 cm³/mol. The fraction of sp³-hybridized carbons (Fsp3) is 0.333. The molecule has 2 aliphatic heterocycles. The molecule has 0 unspecified atom stereocenters. The zero-order valence-electron chi connectivity index (χ0n) is 19.0. The Bertz CT molecular complexity index is 1140. The Morgan fingerprint density at radius 3 is 2.48 bits per heavy atom. The molecule has 1 fully saturated rings. The lowest BCUT2D eigenvalue weighted by atomic mass is 9.85. The number of hydrogen-bond acceptors (Lipinski definition) is 8. The van der Waals surface area contributed by atoms with Crippen LogP contribution >= 0.6 is 11.8 Å². The quantitative estimate of drug-likeness (QED) is 0.632. The van der Waals surface area contributed by atoms with E-state index in [0.29, 0.717) is 46.1 Å². The Hall–Kier alpha value is -3.51. The third-order valence-electron chi connectivity index (χ3n) is 5.83. The van der Waals surface area contributed by atoms with Gasteiger partial charge in [0, 0.05) is 24.0 Å². The molecule has 8 nitrogen and oxygen atoms in total. The number of ether oxygens (including phenoxy) is 4. The van der Waals surface area contributed by atoms with E-state index < -0.39 is 5.92 Å². The highest BCUT2D eigenvalue weighted by molar-refractivity contribution is 8.03. The van der Waals surface area contributed by atoms with E-state index in [0.717, 1.165) is 11.3 Å². The Kier molecular flexibility index (Phi) is 6.56. The average Bonchev–Trinajstić information content (AvgIpc) is 2.87. The van der Waals surface area contributed by atoms with Crippen LogP contribution in [-0.2, 0) is 4.79 Å². The molecule has 9 heteroatoms. The number of nitriles is 1. The number of benzene rings is 2. The van der Waals surface area contributed by atoms with Crippen LogP contribution in [0.4, 0.5) is 5.69 Å². The van der Waals surface area contributed by atoms with Crippen molar-refractivity contribution in [1.29, 1.82) is 5.26 Å². The summed E-state index contributed by atoms with van der Waals surface area (Å²) in [5, 5.41) is 10.8. The summed E-state index contributed by atoms with van der Waals surface area (Å²) >= 11 is 1.47. The molecule has 0 aromatic heterocycles. The van der Waals surface area contributed by atoms with Crippen molar-refractivity contribution in [3.05, 3.63) is 52.6 Å².